The van der Waals surface area contributed by atoms with Crippen molar-refractivity contribution in [3.05, 3.63) is 28.8 Å². The van der Waals surface area contributed by atoms with E-state index in [1.807, 2.05) is 6.07 Å². The third-order valence-corrected chi connectivity index (χ3v) is 4.04. The summed E-state index contributed by atoms with van der Waals surface area (Å²) >= 11 is 5.90. The third kappa shape index (κ3) is 3.64. The molecule has 0 amide bonds. The lowest BCUT2D eigenvalue weighted by molar-refractivity contribution is -0.137. The van der Waals surface area contributed by atoms with Crippen LogP contribution in [-0.2, 0) is 4.79 Å². The summed E-state index contributed by atoms with van der Waals surface area (Å²) in [6.07, 6.45) is 2.94. The number of piperidine rings is 1. The molecule has 1 N–H and O–H groups in total. The van der Waals surface area contributed by atoms with E-state index in [0.717, 1.165) is 38.0 Å². The van der Waals surface area contributed by atoms with E-state index < -0.39 is 5.97 Å². The Labute approximate surface area is 123 Å². The van der Waals surface area contributed by atoms with Crippen LogP contribution in [0.3, 0.4) is 0 Å². The zero-order valence-electron chi connectivity index (χ0n) is 11.2. The lowest BCUT2D eigenvalue weighted by atomic mass is 9.91. The topological polar surface area (TPSA) is 64.3 Å². The maximum Gasteiger partial charge on any atom is 0.303 e. The van der Waals surface area contributed by atoms with Crippen LogP contribution in [0.2, 0.25) is 5.02 Å². The first-order valence-electron chi connectivity index (χ1n) is 6.76. The average molecular weight is 293 g/mol. The monoisotopic (exact) mass is 292 g/mol. The highest BCUT2D eigenvalue weighted by Gasteiger charge is 2.21. The van der Waals surface area contributed by atoms with Gasteiger partial charge < -0.3 is 10.0 Å². The van der Waals surface area contributed by atoms with Crippen molar-refractivity contribution in [1.82, 2.24) is 0 Å². The van der Waals surface area contributed by atoms with Gasteiger partial charge in [0.2, 0.25) is 0 Å². The van der Waals surface area contributed by atoms with Gasteiger partial charge >= 0.3 is 5.97 Å². The fourth-order valence-corrected chi connectivity index (χ4v) is 2.84. The highest BCUT2D eigenvalue weighted by molar-refractivity contribution is 6.30. The summed E-state index contributed by atoms with van der Waals surface area (Å²) in [5, 5.41) is 18.5. The zero-order valence-corrected chi connectivity index (χ0v) is 11.9. The minimum absolute atomic E-state index is 0.245. The van der Waals surface area contributed by atoms with E-state index in [4.69, 9.17) is 16.7 Å². The molecule has 0 unspecified atom stereocenters. The first-order chi connectivity index (χ1) is 9.60. The van der Waals surface area contributed by atoms with Gasteiger partial charge in [0.15, 0.2) is 0 Å². The molecule has 1 aromatic rings. The van der Waals surface area contributed by atoms with Gasteiger partial charge in [-0.2, -0.15) is 5.26 Å². The van der Waals surface area contributed by atoms with Gasteiger partial charge in [-0.05, 0) is 43.4 Å². The molecule has 0 bridgehead atoms. The molecule has 4 nitrogen and oxygen atoms in total. The molecule has 0 aromatic heterocycles. The predicted molar refractivity (Wildman–Crippen MR) is 78.0 cm³/mol. The van der Waals surface area contributed by atoms with Crippen LogP contribution in [0.25, 0.3) is 0 Å². The Bertz CT molecular complexity index is 531. The molecule has 1 aromatic carbocycles. The van der Waals surface area contributed by atoms with E-state index in [1.54, 1.807) is 12.1 Å². The molecule has 1 aliphatic rings. The summed E-state index contributed by atoms with van der Waals surface area (Å²) in [7, 11) is 0. The SMILES string of the molecule is N#Cc1cc(Cl)ccc1N1CCC(CCC(=O)O)CC1. The average Bonchev–Trinajstić information content (AvgIpc) is 2.45. The number of halogens is 1. The van der Waals surface area contributed by atoms with Gasteiger partial charge in [-0.25, -0.2) is 0 Å². The Morgan fingerprint density at radius 2 is 2.15 bits per heavy atom. The quantitative estimate of drug-likeness (QED) is 0.925. The summed E-state index contributed by atoms with van der Waals surface area (Å²) in [5.41, 5.74) is 1.52. The molecule has 0 spiro atoms. The lowest BCUT2D eigenvalue weighted by Gasteiger charge is -2.34. The smallest absolute Gasteiger partial charge is 0.303 e. The molecule has 20 heavy (non-hydrogen) atoms. The largest absolute Gasteiger partial charge is 0.481 e. The van der Waals surface area contributed by atoms with Gasteiger partial charge in [-0.3, -0.25) is 4.79 Å². The summed E-state index contributed by atoms with van der Waals surface area (Å²) < 4.78 is 0. The van der Waals surface area contributed by atoms with Crippen LogP contribution in [0.1, 0.15) is 31.2 Å². The van der Waals surface area contributed by atoms with E-state index in [1.165, 1.54) is 0 Å². The third-order valence-electron chi connectivity index (χ3n) is 3.80. The fraction of sp³-hybridized carbons (Fsp3) is 0.467. The Kier molecular flexibility index (Phi) is 4.86. The predicted octanol–water partition coefficient (Wildman–Crippen LogP) is 3.29. The summed E-state index contributed by atoms with van der Waals surface area (Å²) in [4.78, 5) is 12.8. The molecule has 0 radical (unpaired) electrons. The molecule has 5 heteroatoms. The van der Waals surface area contributed by atoms with Crippen molar-refractivity contribution in [2.24, 2.45) is 5.92 Å². The van der Waals surface area contributed by atoms with E-state index in [2.05, 4.69) is 11.0 Å². The Balaban J connectivity index is 1.97. The highest BCUT2D eigenvalue weighted by Crippen LogP contribution is 2.29. The van der Waals surface area contributed by atoms with Crippen LogP contribution < -0.4 is 4.90 Å². The minimum Gasteiger partial charge on any atom is -0.481 e. The number of anilines is 1. The number of nitriles is 1. The van der Waals surface area contributed by atoms with E-state index in [9.17, 15) is 10.1 Å². The Hall–Kier alpha value is -1.73. The lowest BCUT2D eigenvalue weighted by Crippen LogP contribution is -2.34. The number of carbonyl (C=O) groups is 1. The number of hydrogen-bond acceptors (Lipinski definition) is 3. The molecule has 2 rings (SSSR count). The molecule has 1 heterocycles. The summed E-state index contributed by atoms with van der Waals surface area (Å²) in [6.45, 7) is 1.72. The molecule has 1 fully saturated rings. The summed E-state index contributed by atoms with van der Waals surface area (Å²) in [5.74, 6) is -0.253. The van der Waals surface area contributed by atoms with Crippen LogP contribution in [0.4, 0.5) is 5.69 Å². The van der Waals surface area contributed by atoms with Gasteiger partial charge in [0, 0.05) is 24.5 Å². The first-order valence-corrected chi connectivity index (χ1v) is 7.14. The number of carboxylic acids is 1. The number of rotatable bonds is 4. The second-order valence-electron chi connectivity index (χ2n) is 5.14. The van der Waals surface area contributed by atoms with Crippen molar-refractivity contribution in [1.29, 1.82) is 5.26 Å². The van der Waals surface area contributed by atoms with Crippen LogP contribution >= 0.6 is 11.6 Å². The molecular weight excluding hydrogens is 276 g/mol. The van der Waals surface area contributed by atoms with Gasteiger partial charge in [0.25, 0.3) is 0 Å². The summed E-state index contributed by atoms with van der Waals surface area (Å²) in [6, 6.07) is 7.56. The van der Waals surface area contributed by atoms with Gasteiger partial charge in [-0.1, -0.05) is 11.6 Å². The fourth-order valence-electron chi connectivity index (χ4n) is 2.66. The van der Waals surface area contributed by atoms with Crippen LogP contribution in [0.5, 0.6) is 0 Å². The van der Waals surface area contributed by atoms with Crippen molar-refractivity contribution in [3.8, 4) is 6.07 Å². The molecule has 0 aliphatic carbocycles. The first kappa shape index (κ1) is 14.7. The maximum atomic E-state index is 10.6. The molecular formula is C15H17ClN2O2. The second-order valence-corrected chi connectivity index (χ2v) is 5.57. The normalized spacial score (nSPS) is 15.9. The van der Waals surface area contributed by atoms with Crippen LogP contribution in [0.15, 0.2) is 18.2 Å². The van der Waals surface area contributed by atoms with Crippen LogP contribution in [-0.4, -0.2) is 24.2 Å². The van der Waals surface area contributed by atoms with Gasteiger partial charge in [0.1, 0.15) is 6.07 Å². The van der Waals surface area contributed by atoms with Crippen molar-refractivity contribution < 1.29 is 9.90 Å². The van der Waals surface area contributed by atoms with E-state index in [0.29, 0.717) is 16.5 Å². The second kappa shape index (κ2) is 6.62. The van der Waals surface area contributed by atoms with Crippen LogP contribution in [0, 0.1) is 17.2 Å². The number of nitrogens with zero attached hydrogens (tertiary/aromatic N) is 2. The van der Waals surface area contributed by atoms with E-state index in [-0.39, 0.29) is 6.42 Å². The van der Waals surface area contributed by atoms with Gasteiger partial charge in [0.05, 0.1) is 11.3 Å². The number of benzene rings is 1. The van der Waals surface area contributed by atoms with Crippen molar-refractivity contribution in [3.63, 3.8) is 0 Å². The number of carboxylic acid groups (broad SMARTS) is 1. The highest BCUT2D eigenvalue weighted by atomic mass is 35.5. The molecule has 1 saturated heterocycles. The molecule has 106 valence electrons. The molecule has 0 saturated carbocycles. The molecule has 0 atom stereocenters. The van der Waals surface area contributed by atoms with E-state index >= 15 is 0 Å². The standard InChI is InChI=1S/C15H17ClN2O2/c16-13-2-3-14(12(9-13)10-17)18-7-5-11(6-8-18)1-4-15(19)20/h2-3,9,11H,1,4-8H2,(H,19,20). The van der Waals surface area contributed by atoms with Gasteiger partial charge in [-0.15, -0.1) is 0 Å². The number of hydrogen-bond donors (Lipinski definition) is 1. The van der Waals surface area contributed by atoms with Crippen molar-refractivity contribution in [2.45, 2.75) is 25.7 Å². The van der Waals surface area contributed by atoms with Crippen molar-refractivity contribution in [2.75, 3.05) is 18.0 Å². The Morgan fingerprint density at radius 3 is 2.75 bits per heavy atom. The Morgan fingerprint density at radius 1 is 1.45 bits per heavy atom. The number of aliphatic carboxylic acids is 1. The zero-order chi connectivity index (χ0) is 14.5. The maximum absolute atomic E-state index is 10.6. The van der Waals surface area contributed by atoms with Crippen molar-refractivity contribution >= 4 is 23.3 Å². The minimum atomic E-state index is -0.725. The molecule has 1 aliphatic heterocycles.